The largest absolute Gasteiger partial charge is 0.481 e. The fourth-order valence-electron chi connectivity index (χ4n) is 1.18. The molecular formula is C12H22N2O4. The van der Waals surface area contributed by atoms with E-state index in [1.54, 1.807) is 27.7 Å². The number of carboxylic acids is 2. The van der Waals surface area contributed by atoms with Crippen LogP contribution in [0.5, 0.6) is 0 Å². The summed E-state index contributed by atoms with van der Waals surface area (Å²) in [4.78, 5) is 21.4. The lowest BCUT2D eigenvalue weighted by molar-refractivity contribution is -0.143. The van der Waals surface area contributed by atoms with Crippen molar-refractivity contribution in [2.24, 2.45) is 33.9 Å². The van der Waals surface area contributed by atoms with Crippen LogP contribution in [-0.4, -0.2) is 35.2 Å². The maximum Gasteiger partial charge on any atom is 0.306 e. The molecule has 0 radical (unpaired) electrons. The molecule has 6 heteroatoms. The monoisotopic (exact) mass is 258 g/mol. The van der Waals surface area contributed by atoms with Crippen molar-refractivity contribution in [2.75, 3.05) is 13.1 Å². The molecule has 0 aromatic rings. The van der Waals surface area contributed by atoms with Gasteiger partial charge in [0.2, 0.25) is 0 Å². The van der Waals surface area contributed by atoms with Crippen LogP contribution < -0.4 is 0 Å². The number of azo groups is 1. The topological polar surface area (TPSA) is 99.3 Å². The van der Waals surface area contributed by atoms with Gasteiger partial charge < -0.3 is 10.2 Å². The summed E-state index contributed by atoms with van der Waals surface area (Å²) in [7, 11) is 0. The summed E-state index contributed by atoms with van der Waals surface area (Å²) in [5.41, 5.74) is 0. The zero-order valence-electron chi connectivity index (χ0n) is 11.3. The van der Waals surface area contributed by atoms with Crippen molar-refractivity contribution in [3.8, 4) is 0 Å². The van der Waals surface area contributed by atoms with Gasteiger partial charge in [0.05, 0.1) is 24.9 Å². The molecular weight excluding hydrogens is 236 g/mol. The summed E-state index contributed by atoms with van der Waals surface area (Å²) in [6.45, 7) is 7.58. The Balaban J connectivity index is 4.05. The van der Waals surface area contributed by atoms with Crippen molar-refractivity contribution in [2.45, 2.75) is 27.7 Å². The molecule has 0 saturated carbocycles. The Morgan fingerprint density at radius 1 is 0.833 bits per heavy atom. The molecule has 0 spiro atoms. The Hall–Kier alpha value is -1.46. The highest BCUT2D eigenvalue weighted by Crippen LogP contribution is 2.13. The fraction of sp³-hybridized carbons (Fsp3) is 0.833. The molecule has 0 saturated heterocycles. The summed E-state index contributed by atoms with van der Waals surface area (Å²) in [6.07, 6.45) is 0. The van der Waals surface area contributed by atoms with Crippen LogP contribution in [0.15, 0.2) is 10.2 Å². The van der Waals surface area contributed by atoms with Gasteiger partial charge in [0.25, 0.3) is 0 Å². The Morgan fingerprint density at radius 2 is 1.11 bits per heavy atom. The van der Waals surface area contributed by atoms with E-state index >= 15 is 0 Å². The van der Waals surface area contributed by atoms with Gasteiger partial charge in [-0.1, -0.05) is 27.7 Å². The molecule has 0 aromatic carbocycles. The highest BCUT2D eigenvalue weighted by atomic mass is 16.4. The first-order chi connectivity index (χ1) is 8.27. The SMILES string of the molecule is CC(CN=NCC(C)C(C)C(=O)O)C(C)C(=O)O. The van der Waals surface area contributed by atoms with E-state index in [1.807, 2.05) is 0 Å². The van der Waals surface area contributed by atoms with Gasteiger partial charge in [-0.25, -0.2) is 0 Å². The first kappa shape index (κ1) is 16.5. The number of carbonyl (C=O) groups is 2. The minimum atomic E-state index is -0.842. The molecule has 0 rings (SSSR count). The third-order valence-electron chi connectivity index (χ3n) is 3.33. The molecule has 4 atom stereocenters. The molecule has 4 unspecified atom stereocenters. The van der Waals surface area contributed by atoms with E-state index in [-0.39, 0.29) is 11.8 Å². The van der Waals surface area contributed by atoms with Crippen molar-refractivity contribution in [1.82, 2.24) is 0 Å². The standard InChI is InChI=1S/C12H22N2O4/c1-7(9(3)11(15)16)5-13-14-6-8(2)10(4)12(17)18/h7-10H,5-6H2,1-4H3,(H,15,16)(H,17,18). The smallest absolute Gasteiger partial charge is 0.306 e. The minimum absolute atomic E-state index is 0.0848. The fourth-order valence-corrected chi connectivity index (χ4v) is 1.18. The third kappa shape index (κ3) is 5.75. The summed E-state index contributed by atoms with van der Waals surface area (Å²) < 4.78 is 0. The van der Waals surface area contributed by atoms with Gasteiger partial charge in [-0.05, 0) is 11.8 Å². The third-order valence-corrected chi connectivity index (χ3v) is 3.33. The minimum Gasteiger partial charge on any atom is -0.481 e. The zero-order chi connectivity index (χ0) is 14.3. The second kappa shape index (κ2) is 7.79. The molecule has 0 aromatic heterocycles. The number of hydrogen-bond donors (Lipinski definition) is 2. The number of rotatable bonds is 8. The van der Waals surface area contributed by atoms with Crippen LogP contribution in [0.2, 0.25) is 0 Å². The van der Waals surface area contributed by atoms with Gasteiger partial charge in [-0.15, -0.1) is 0 Å². The molecule has 0 fully saturated rings. The maximum absolute atomic E-state index is 10.7. The summed E-state index contributed by atoms with van der Waals surface area (Å²) in [6, 6.07) is 0. The summed E-state index contributed by atoms with van der Waals surface area (Å²) in [5, 5.41) is 25.4. The summed E-state index contributed by atoms with van der Waals surface area (Å²) >= 11 is 0. The second-order valence-electron chi connectivity index (χ2n) is 4.86. The summed E-state index contributed by atoms with van der Waals surface area (Å²) in [5.74, 6) is -2.77. The molecule has 0 aliphatic rings. The predicted molar refractivity (Wildman–Crippen MR) is 66.5 cm³/mol. The van der Waals surface area contributed by atoms with E-state index in [4.69, 9.17) is 10.2 Å². The van der Waals surface area contributed by atoms with Gasteiger partial charge in [-0.2, -0.15) is 10.2 Å². The van der Waals surface area contributed by atoms with Gasteiger partial charge >= 0.3 is 11.9 Å². The van der Waals surface area contributed by atoms with Crippen LogP contribution >= 0.6 is 0 Å². The van der Waals surface area contributed by atoms with Crippen molar-refractivity contribution in [1.29, 1.82) is 0 Å². The van der Waals surface area contributed by atoms with Crippen molar-refractivity contribution in [3.63, 3.8) is 0 Å². The van der Waals surface area contributed by atoms with Crippen LogP contribution in [-0.2, 0) is 9.59 Å². The lowest BCUT2D eigenvalue weighted by Crippen LogP contribution is -2.21. The predicted octanol–water partition coefficient (Wildman–Crippen LogP) is 2.15. The van der Waals surface area contributed by atoms with Crippen LogP contribution in [0, 0.1) is 23.7 Å². The van der Waals surface area contributed by atoms with E-state index in [9.17, 15) is 9.59 Å². The van der Waals surface area contributed by atoms with Crippen LogP contribution in [0.4, 0.5) is 0 Å². The van der Waals surface area contributed by atoms with Crippen molar-refractivity contribution in [3.05, 3.63) is 0 Å². The number of nitrogens with zero attached hydrogens (tertiary/aromatic N) is 2. The lowest BCUT2D eigenvalue weighted by atomic mass is 9.96. The molecule has 0 heterocycles. The molecule has 2 N–H and O–H groups in total. The molecule has 0 bridgehead atoms. The van der Waals surface area contributed by atoms with Crippen molar-refractivity contribution < 1.29 is 19.8 Å². The van der Waals surface area contributed by atoms with Gasteiger partial charge in [-0.3, -0.25) is 9.59 Å². The Morgan fingerprint density at radius 3 is 1.33 bits per heavy atom. The zero-order valence-corrected chi connectivity index (χ0v) is 11.3. The Kier molecular flexibility index (Phi) is 7.16. The van der Waals surface area contributed by atoms with E-state index in [1.165, 1.54) is 0 Å². The highest BCUT2D eigenvalue weighted by Gasteiger charge is 2.20. The first-order valence-electron chi connectivity index (χ1n) is 6.06. The first-order valence-corrected chi connectivity index (χ1v) is 6.06. The second-order valence-corrected chi connectivity index (χ2v) is 4.86. The molecule has 0 aliphatic heterocycles. The highest BCUT2D eigenvalue weighted by molar-refractivity contribution is 5.70. The van der Waals surface area contributed by atoms with Crippen LogP contribution in [0.3, 0.4) is 0 Å². The van der Waals surface area contributed by atoms with E-state index in [0.717, 1.165) is 0 Å². The molecule has 6 nitrogen and oxygen atoms in total. The lowest BCUT2D eigenvalue weighted by Gasteiger charge is -2.14. The Labute approximate surface area is 107 Å². The van der Waals surface area contributed by atoms with E-state index in [2.05, 4.69) is 10.2 Å². The normalized spacial score (nSPS) is 18.2. The average molecular weight is 258 g/mol. The van der Waals surface area contributed by atoms with Crippen molar-refractivity contribution >= 4 is 11.9 Å². The quantitative estimate of drug-likeness (QED) is 0.651. The number of hydrogen-bond acceptors (Lipinski definition) is 4. The van der Waals surface area contributed by atoms with Crippen LogP contribution in [0.25, 0.3) is 0 Å². The number of aliphatic carboxylic acids is 2. The average Bonchev–Trinajstić information content (AvgIpc) is 2.31. The Bertz CT molecular complexity index is 287. The molecule has 0 amide bonds. The van der Waals surface area contributed by atoms with Gasteiger partial charge in [0.15, 0.2) is 0 Å². The molecule has 18 heavy (non-hydrogen) atoms. The molecule has 0 aliphatic carbocycles. The number of carboxylic acid groups (broad SMARTS) is 2. The molecule has 104 valence electrons. The van der Waals surface area contributed by atoms with Gasteiger partial charge in [0, 0.05) is 0 Å². The van der Waals surface area contributed by atoms with Crippen LogP contribution in [0.1, 0.15) is 27.7 Å². The van der Waals surface area contributed by atoms with Gasteiger partial charge in [0.1, 0.15) is 0 Å². The maximum atomic E-state index is 10.7. The van der Waals surface area contributed by atoms with E-state index in [0.29, 0.717) is 13.1 Å². The van der Waals surface area contributed by atoms with E-state index < -0.39 is 23.8 Å².